The van der Waals surface area contributed by atoms with Gasteiger partial charge in [-0.25, -0.2) is 0 Å². The molecule has 0 heterocycles. The highest BCUT2D eigenvalue weighted by Gasteiger charge is 2.15. The van der Waals surface area contributed by atoms with Crippen LogP contribution in [0, 0.1) is 0 Å². The number of hydrogen-bond donors (Lipinski definition) is 1. The molecule has 0 aliphatic heterocycles. The lowest BCUT2D eigenvalue weighted by atomic mass is 10.1. The molecular weight excluding hydrogens is 238 g/mol. The molecule has 0 radical (unpaired) electrons. The van der Waals surface area contributed by atoms with Crippen molar-refractivity contribution in [2.75, 3.05) is 11.9 Å². The molecule has 0 unspecified atom stereocenters. The van der Waals surface area contributed by atoms with Crippen LogP contribution in [0.4, 0.5) is 5.69 Å². The van der Waals surface area contributed by atoms with E-state index >= 15 is 0 Å². The van der Waals surface area contributed by atoms with E-state index in [9.17, 15) is 4.79 Å². The maximum atomic E-state index is 11.6. The van der Waals surface area contributed by atoms with Crippen molar-refractivity contribution in [3.63, 3.8) is 0 Å². The number of esters is 1. The molecular formula is C16H25NO2. The molecule has 1 aromatic rings. The molecule has 0 aliphatic carbocycles. The molecule has 19 heavy (non-hydrogen) atoms. The molecule has 0 aliphatic rings. The highest BCUT2D eigenvalue weighted by Crippen LogP contribution is 2.17. The predicted molar refractivity (Wildman–Crippen MR) is 79.4 cm³/mol. The molecule has 0 atom stereocenters. The molecule has 1 rings (SSSR count). The first-order chi connectivity index (χ1) is 8.92. The molecule has 0 bridgehead atoms. The lowest BCUT2D eigenvalue weighted by Crippen LogP contribution is -2.25. The SMILES string of the molecule is CCCc1ccccc1NCCC(=O)OC(C)(C)C. The van der Waals surface area contributed by atoms with E-state index in [1.165, 1.54) is 5.56 Å². The van der Waals surface area contributed by atoms with Crippen molar-refractivity contribution in [3.8, 4) is 0 Å². The number of carbonyl (C=O) groups excluding carboxylic acids is 1. The summed E-state index contributed by atoms with van der Waals surface area (Å²) in [6.07, 6.45) is 2.55. The number of rotatable bonds is 6. The predicted octanol–water partition coefficient (Wildman–Crippen LogP) is 3.78. The summed E-state index contributed by atoms with van der Waals surface area (Å²) in [5.41, 5.74) is 2.01. The van der Waals surface area contributed by atoms with Gasteiger partial charge >= 0.3 is 5.97 Å². The van der Waals surface area contributed by atoms with Gasteiger partial charge < -0.3 is 10.1 Å². The molecule has 0 saturated heterocycles. The number of hydrogen-bond acceptors (Lipinski definition) is 3. The third-order valence-corrected chi connectivity index (χ3v) is 2.60. The van der Waals surface area contributed by atoms with E-state index < -0.39 is 5.60 Å². The smallest absolute Gasteiger partial charge is 0.308 e. The van der Waals surface area contributed by atoms with Crippen LogP contribution in [0.15, 0.2) is 24.3 Å². The fraction of sp³-hybridized carbons (Fsp3) is 0.562. The van der Waals surface area contributed by atoms with E-state index in [2.05, 4.69) is 24.4 Å². The average molecular weight is 263 g/mol. The summed E-state index contributed by atoms with van der Waals surface area (Å²) < 4.78 is 5.27. The normalized spacial score (nSPS) is 11.2. The van der Waals surface area contributed by atoms with Gasteiger partial charge in [0.2, 0.25) is 0 Å². The van der Waals surface area contributed by atoms with Gasteiger partial charge in [-0.3, -0.25) is 4.79 Å². The minimum absolute atomic E-state index is 0.159. The van der Waals surface area contributed by atoms with Crippen LogP contribution in [0.25, 0.3) is 0 Å². The molecule has 0 fully saturated rings. The highest BCUT2D eigenvalue weighted by atomic mass is 16.6. The summed E-state index contributed by atoms with van der Waals surface area (Å²) >= 11 is 0. The van der Waals surface area contributed by atoms with Gasteiger partial charge in [0.25, 0.3) is 0 Å². The number of anilines is 1. The van der Waals surface area contributed by atoms with Crippen molar-refractivity contribution in [3.05, 3.63) is 29.8 Å². The van der Waals surface area contributed by atoms with Crippen LogP contribution in [0.5, 0.6) is 0 Å². The maximum absolute atomic E-state index is 11.6. The lowest BCUT2D eigenvalue weighted by Gasteiger charge is -2.19. The summed E-state index contributed by atoms with van der Waals surface area (Å²) in [6, 6.07) is 8.23. The van der Waals surface area contributed by atoms with Gasteiger partial charge in [-0.2, -0.15) is 0 Å². The first-order valence-corrected chi connectivity index (χ1v) is 6.96. The molecule has 3 heteroatoms. The standard InChI is InChI=1S/C16H25NO2/c1-5-8-13-9-6-7-10-14(13)17-12-11-15(18)19-16(2,3)4/h6-7,9-10,17H,5,8,11-12H2,1-4H3. The monoisotopic (exact) mass is 263 g/mol. The van der Waals surface area contributed by atoms with Crippen LogP contribution < -0.4 is 5.32 Å². The fourth-order valence-corrected chi connectivity index (χ4v) is 1.87. The average Bonchev–Trinajstić information content (AvgIpc) is 2.29. The number of carbonyl (C=O) groups is 1. The molecule has 0 spiro atoms. The number of para-hydroxylation sites is 1. The van der Waals surface area contributed by atoms with E-state index in [4.69, 9.17) is 4.74 Å². The van der Waals surface area contributed by atoms with Crippen LogP contribution >= 0.6 is 0 Å². The Hall–Kier alpha value is -1.51. The Morgan fingerprint density at radius 3 is 2.58 bits per heavy atom. The summed E-state index contributed by atoms with van der Waals surface area (Å²) in [5.74, 6) is -0.159. The molecule has 0 saturated carbocycles. The molecule has 0 aromatic heterocycles. The van der Waals surface area contributed by atoms with Gasteiger partial charge in [0.1, 0.15) is 5.60 Å². The summed E-state index contributed by atoms with van der Waals surface area (Å²) in [5, 5.41) is 3.31. The van der Waals surface area contributed by atoms with Crippen molar-refractivity contribution in [2.45, 2.75) is 52.6 Å². The van der Waals surface area contributed by atoms with E-state index in [-0.39, 0.29) is 5.97 Å². The zero-order valence-corrected chi connectivity index (χ0v) is 12.5. The Balaban J connectivity index is 2.43. The Labute approximate surface area is 116 Å². The Bertz CT molecular complexity index is 407. The van der Waals surface area contributed by atoms with Gasteiger partial charge in [0.05, 0.1) is 6.42 Å². The van der Waals surface area contributed by atoms with Crippen LogP contribution in [-0.4, -0.2) is 18.1 Å². The van der Waals surface area contributed by atoms with Gasteiger partial charge in [0, 0.05) is 12.2 Å². The second kappa shape index (κ2) is 7.17. The Morgan fingerprint density at radius 1 is 1.26 bits per heavy atom. The third-order valence-electron chi connectivity index (χ3n) is 2.60. The summed E-state index contributed by atoms with van der Waals surface area (Å²) in [4.78, 5) is 11.6. The topological polar surface area (TPSA) is 38.3 Å². The van der Waals surface area contributed by atoms with E-state index in [0.717, 1.165) is 18.5 Å². The van der Waals surface area contributed by atoms with Crippen LogP contribution in [0.1, 0.15) is 46.1 Å². The molecule has 106 valence electrons. The van der Waals surface area contributed by atoms with Crippen molar-refractivity contribution in [2.24, 2.45) is 0 Å². The second-order valence-corrected chi connectivity index (χ2v) is 5.67. The molecule has 1 N–H and O–H groups in total. The van der Waals surface area contributed by atoms with Gasteiger partial charge in [-0.1, -0.05) is 31.5 Å². The van der Waals surface area contributed by atoms with Crippen molar-refractivity contribution in [1.29, 1.82) is 0 Å². The molecule has 3 nitrogen and oxygen atoms in total. The van der Waals surface area contributed by atoms with Crippen LogP contribution in [0.2, 0.25) is 0 Å². The fourth-order valence-electron chi connectivity index (χ4n) is 1.87. The zero-order chi connectivity index (χ0) is 14.3. The second-order valence-electron chi connectivity index (χ2n) is 5.67. The number of benzene rings is 1. The highest BCUT2D eigenvalue weighted by molar-refractivity contribution is 5.70. The number of nitrogens with one attached hydrogen (secondary N) is 1. The third kappa shape index (κ3) is 6.27. The Morgan fingerprint density at radius 2 is 1.95 bits per heavy atom. The largest absolute Gasteiger partial charge is 0.460 e. The number of aryl methyl sites for hydroxylation is 1. The van der Waals surface area contributed by atoms with Crippen molar-refractivity contribution in [1.82, 2.24) is 0 Å². The first kappa shape index (κ1) is 15.5. The van der Waals surface area contributed by atoms with Crippen molar-refractivity contribution < 1.29 is 9.53 Å². The van der Waals surface area contributed by atoms with E-state index in [1.807, 2.05) is 32.9 Å². The lowest BCUT2D eigenvalue weighted by molar-refractivity contribution is -0.154. The maximum Gasteiger partial charge on any atom is 0.308 e. The molecule has 0 amide bonds. The summed E-state index contributed by atoms with van der Waals surface area (Å²) in [7, 11) is 0. The van der Waals surface area contributed by atoms with Crippen LogP contribution in [-0.2, 0) is 16.0 Å². The first-order valence-electron chi connectivity index (χ1n) is 6.96. The van der Waals surface area contributed by atoms with E-state index in [1.54, 1.807) is 0 Å². The summed E-state index contributed by atoms with van der Waals surface area (Å²) in [6.45, 7) is 8.42. The van der Waals surface area contributed by atoms with Crippen LogP contribution in [0.3, 0.4) is 0 Å². The van der Waals surface area contributed by atoms with Gasteiger partial charge in [-0.15, -0.1) is 0 Å². The zero-order valence-electron chi connectivity index (χ0n) is 12.5. The van der Waals surface area contributed by atoms with Gasteiger partial charge in [0.15, 0.2) is 0 Å². The molecule has 1 aromatic carbocycles. The number of ether oxygens (including phenoxy) is 1. The van der Waals surface area contributed by atoms with E-state index in [0.29, 0.717) is 13.0 Å². The Kier molecular flexibility index (Phi) is 5.87. The minimum Gasteiger partial charge on any atom is -0.460 e. The van der Waals surface area contributed by atoms with Crippen molar-refractivity contribution >= 4 is 11.7 Å². The van der Waals surface area contributed by atoms with Gasteiger partial charge in [-0.05, 0) is 38.8 Å². The minimum atomic E-state index is -0.406. The quantitative estimate of drug-likeness (QED) is 0.794.